The minimum Gasteiger partial charge on any atom is -0.295 e. The van der Waals surface area contributed by atoms with Gasteiger partial charge >= 0.3 is 0 Å². The SMILES string of the molecule is C=C(CCCCC)c1ccc(C(C)=O)cc1. The van der Waals surface area contributed by atoms with Gasteiger partial charge in [-0.1, -0.05) is 50.6 Å². The Bertz CT molecular complexity index is 360. The zero-order valence-corrected chi connectivity index (χ0v) is 10.3. The third-order valence-corrected chi connectivity index (χ3v) is 2.78. The molecule has 0 aliphatic carbocycles. The highest BCUT2D eigenvalue weighted by atomic mass is 16.1. The van der Waals surface area contributed by atoms with E-state index < -0.39 is 0 Å². The van der Waals surface area contributed by atoms with Crippen molar-refractivity contribution in [2.75, 3.05) is 0 Å². The third-order valence-electron chi connectivity index (χ3n) is 2.78. The zero-order chi connectivity index (χ0) is 12.0. The molecule has 0 amide bonds. The van der Waals surface area contributed by atoms with Gasteiger partial charge in [0.25, 0.3) is 0 Å². The Hall–Kier alpha value is -1.37. The first-order valence-corrected chi connectivity index (χ1v) is 5.94. The van der Waals surface area contributed by atoms with Crippen LogP contribution in [0.2, 0.25) is 0 Å². The molecule has 0 aliphatic rings. The second-order valence-electron chi connectivity index (χ2n) is 4.19. The molecule has 0 heterocycles. The van der Waals surface area contributed by atoms with E-state index in [0.717, 1.165) is 17.5 Å². The van der Waals surface area contributed by atoms with Crippen molar-refractivity contribution in [1.82, 2.24) is 0 Å². The Morgan fingerprint density at radius 2 is 1.69 bits per heavy atom. The fourth-order valence-electron chi connectivity index (χ4n) is 1.67. The lowest BCUT2D eigenvalue weighted by atomic mass is 9.99. The number of rotatable bonds is 6. The van der Waals surface area contributed by atoms with Crippen LogP contribution in [-0.2, 0) is 0 Å². The third kappa shape index (κ3) is 3.65. The van der Waals surface area contributed by atoms with Gasteiger partial charge in [-0.2, -0.15) is 0 Å². The summed E-state index contributed by atoms with van der Waals surface area (Å²) in [5, 5.41) is 0. The van der Waals surface area contributed by atoms with Gasteiger partial charge in [-0.25, -0.2) is 0 Å². The van der Waals surface area contributed by atoms with Crippen molar-refractivity contribution in [3.05, 3.63) is 42.0 Å². The molecule has 1 rings (SSSR count). The number of hydrogen-bond acceptors (Lipinski definition) is 1. The quantitative estimate of drug-likeness (QED) is 0.506. The zero-order valence-electron chi connectivity index (χ0n) is 10.3. The molecular formula is C15H20O. The molecule has 86 valence electrons. The van der Waals surface area contributed by atoms with Gasteiger partial charge < -0.3 is 0 Å². The van der Waals surface area contributed by atoms with Crippen LogP contribution in [0.1, 0.15) is 55.5 Å². The molecule has 0 aromatic heterocycles. The van der Waals surface area contributed by atoms with E-state index >= 15 is 0 Å². The number of hydrogen-bond donors (Lipinski definition) is 0. The van der Waals surface area contributed by atoms with Crippen LogP contribution < -0.4 is 0 Å². The maximum Gasteiger partial charge on any atom is 0.159 e. The molecule has 0 saturated carbocycles. The summed E-state index contributed by atoms with van der Waals surface area (Å²) >= 11 is 0. The molecule has 1 nitrogen and oxygen atoms in total. The van der Waals surface area contributed by atoms with Gasteiger partial charge in [-0.3, -0.25) is 4.79 Å². The van der Waals surface area contributed by atoms with E-state index in [9.17, 15) is 4.79 Å². The van der Waals surface area contributed by atoms with E-state index in [1.807, 2.05) is 24.3 Å². The number of unbranched alkanes of at least 4 members (excludes halogenated alkanes) is 2. The Morgan fingerprint density at radius 3 is 2.19 bits per heavy atom. The normalized spacial score (nSPS) is 10.1. The summed E-state index contributed by atoms with van der Waals surface area (Å²) in [6.07, 6.45) is 4.73. The van der Waals surface area contributed by atoms with Gasteiger partial charge in [-0.15, -0.1) is 0 Å². The van der Waals surface area contributed by atoms with Crippen LogP contribution in [0.15, 0.2) is 30.8 Å². The van der Waals surface area contributed by atoms with Crippen molar-refractivity contribution < 1.29 is 4.79 Å². The van der Waals surface area contributed by atoms with Crippen molar-refractivity contribution in [3.63, 3.8) is 0 Å². The minimum absolute atomic E-state index is 0.114. The Labute approximate surface area is 98.2 Å². The summed E-state index contributed by atoms with van der Waals surface area (Å²) in [5.41, 5.74) is 3.09. The monoisotopic (exact) mass is 216 g/mol. The molecule has 1 heteroatoms. The lowest BCUT2D eigenvalue weighted by Gasteiger charge is -2.06. The van der Waals surface area contributed by atoms with E-state index in [1.54, 1.807) is 6.92 Å². The maximum absolute atomic E-state index is 11.1. The highest BCUT2D eigenvalue weighted by Gasteiger charge is 2.01. The number of benzene rings is 1. The number of ketones is 1. The van der Waals surface area contributed by atoms with Crippen LogP contribution in [-0.4, -0.2) is 5.78 Å². The van der Waals surface area contributed by atoms with Crippen LogP contribution in [0.5, 0.6) is 0 Å². The van der Waals surface area contributed by atoms with Crippen LogP contribution >= 0.6 is 0 Å². The molecular weight excluding hydrogens is 196 g/mol. The smallest absolute Gasteiger partial charge is 0.159 e. The van der Waals surface area contributed by atoms with Gasteiger partial charge in [0.2, 0.25) is 0 Å². The van der Waals surface area contributed by atoms with E-state index in [1.165, 1.54) is 24.8 Å². The maximum atomic E-state index is 11.1. The summed E-state index contributed by atoms with van der Waals surface area (Å²) in [6, 6.07) is 7.74. The van der Waals surface area contributed by atoms with E-state index in [-0.39, 0.29) is 5.78 Å². The molecule has 0 N–H and O–H groups in total. The van der Waals surface area contributed by atoms with E-state index in [2.05, 4.69) is 13.5 Å². The van der Waals surface area contributed by atoms with Gasteiger partial charge in [0.15, 0.2) is 5.78 Å². The lowest BCUT2D eigenvalue weighted by molar-refractivity contribution is 0.101. The average molecular weight is 216 g/mol. The molecule has 0 bridgehead atoms. The molecule has 0 spiro atoms. The Kier molecular flexibility index (Phi) is 4.97. The Balaban J connectivity index is 2.59. The second kappa shape index (κ2) is 6.26. The predicted molar refractivity (Wildman–Crippen MR) is 69.6 cm³/mol. The Morgan fingerprint density at radius 1 is 1.12 bits per heavy atom. The predicted octanol–water partition coefficient (Wildman–Crippen LogP) is 4.48. The molecule has 0 unspecified atom stereocenters. The summed E-state index contributed by atoms with van der Waals surface area (Å²) < 4.78 is 0. The molecule has 0 fully saturated rings. The van der Waals surface area contributed by atoms with E-state index in [4.69, 9.17) is 0 Å². The molecule has 0 atom stereocenters. The van der Waals surface area contributed by atoms with Crippen LogP contribution in [0.25, 0.3) is 5.57 Å². The van der Waals surface area contributed by atoms with Gasteiger partial charge in [0, 0.05) is 5.56 Å². The molecule has 1 aromatic carbocycles. The van der Waals surface area contributed by atoms with Gasteiger partial charge in [0.05, 0.1) is 0 Å². The summed E-state index contributed by atoms with van der Waals surface area (Å²) in [5.74, 6) is 0.114. The summed E-state index contributed by atoms with van der Waals surface area (Å²) in [4.78, 5) is 11.1. The minimum atomic E-state index is 0.114. The molecule has 0 radical (unpaired) electrons. The van der Waals surface area contributed by atoms with E-state index in [0.29, 0.717) is 0 Å². The fraction of sp³-hybridized carbons (Fsp3) is 0.400. The van der Waals surface area contributed by atoms with Crippen LogP contribution in [0.4, 0.5) is 0 Å². The molecule has 0 saturated heterocycles. The summed E-state index contributed by atoms with van der Waals surface area (Å²) in [6.45, 7) is 7.87. The van der Waals surface area contributed by atoms with Gasteiger partial charge in [0.1, 0.15) is 0 Å². The first-order chi connectivity index (χ1) is 7.65. The molecule has 0 aliphatic heterocycles. The topological polar surface area (TPSA) is 17.1 Å². The molecule has 16 heavy (non-hydrogen) atoms. The fourth-order valence-corrected chi connectivity index (χ4v) is 1.67. The first kappa shape index (κ1) is 12.7. The highest BCUT2D eigenvalue weighted by molar-refractivity contribution is 5.94. The van der Waals surface area contributed by atoms with Crippen LogP contribution in [0, 0.1) is 0 Å². The number of Topliss-reactive ketones (excluding diaryl/α,β-unsaturated/α-hetero) is 1. The number of carbonyl (C=O) groups is 1. The van der Waals surface area contributed by atoms with Crippen molar-refractivity contribution in [2.45, 2.75) is 39.5 Å². The lowest BCUT2D eigenvalue weighted by Crippen LogP contribution is -1.92. The molecule has 1 aromatic rings. The van der Waals surface area contributed by atoms with Crippen LogP contribution in [0.3, 0.4) is 0 Å². The van der Waals surface area contributed by atoms with Crippen molar-refractivity contribution >= 4 is 11.4 Å². The number of allylic oxidation sites excluding steroid dienone is 1. The first-order valence-electron chi connectivity index (χ1n) is 5.94. The largest absolute Gasteiger partial charge is 0.295 e. The van der Waals surface area contributed by atoms with Crippen molar-refractivity contribution in [1.29, 1.82) is 0 Å². The second-order valence-corrected chi connectivity index (χ2v) is 4.19. The summed E-state index contributed by atoms with van der Waals surface area (Å²) in [7, 11) is 0. The van der Waals surface area contributed by atoms with Gasteiger partial charge in [-0.05, 0) is 30.9 Å². The average Bonchev–Trinajstić information content (AvgIpc) is 2.29. The van der Waals surface area contributed by atoms with Crippen molar-refractivity contribution in [3.8, 4) is 0 Å². The highest BCUT2D eigenvalue weighted by Crippen LogP contribution is 2.19. The van der Waals surface area contributed by atoms with Crippen molar-refractivity contribution in [2.24, 2.45) is 0 Å². The standard InChI is InChI=1S/C15H20O/c1-4-5-6-7-12(2)14-8-10-15(11-9-14)13(3)16/h8-11H,2,4-7H2,1,3H3. The number of carbonyl (C=O) groups excluding carboxylic acids is 1.